The lowest BCUT2D eigenvalue weighted by molar-refractivity contribution is 0.0922. The van der Waals surface area contributed by atoms with E-state index in [1.54, 1.807) is 0 Å². The Morgan fingerprint density at radius 3 is 2.56 bits per heavy atom. The molecule has 0 amide bonds. The van der Waals surface area contributed by atoms with E-state index in [9.17, 15) is 0 Å². The number of hydrogen-bond donors (Lipinski definition) is 3. The van der Waals surface area contributed by atoms with Crippen LogP contribution in [0, 0.1) is 13.8 Å². The Morgan fingerprint density at radius 1 is 1.17 bits per heavy atom. The molecule has 0 atom stereocenters. The summed E-state index contributed by atoms with van der Waals surface area (Å²) in [6, 6.07) is 0. The zero-order valence-corrected chi connectivity index (χ0v) is 11.3. The average Bonchev–Trinajstić information content (AvgIpc) is 2.37. The molecule has 0 aliphatic rings. The first-order valence-corrected chi connectivity index (χ1v) is 6.14. The first kappa shape index (κ1) is 14.7. The molecule has 1 heterocycles. The Hall–Kier alpha value is -1.40. The van der Waals surface area contributed by atoms with Crippen LogP contribution >= 0.6 is 0 Å². The van der Waals surface area contributed by atoms with Crippen molar-refractivity contribution < 1.29 is 9.84 Å². The molecule has 0 unspecified atom stereocenters. The average molecular weight is 254 g/mol. The molecular formula is C12H22N4O2. The minimum atomic E-state index is 0.0726. The maximum Gasteiger partial charge on any atom is 0.134 e. The molecule has 18 heavy (non-hydrogen) atoms. The molecule has 6 heteroatoms. The second kappa shape index (κ2) is 7.84. The summed E-state index contributed by atoms with van der Waals surface area (Å²) in [5.41, 5.74) is 1.01. The molecule has 6 nitrogen and oxygen atoms in total. The van der Waals surface area contributed by atoms with Crippen LogP contribution in [0.3, 0.4) is 0 Å². The van der Waals surface area contributed by atoms with E-state index < -0.39 is 0 Å². The lowest BCUT2D eigenvalue weighted by atomic mass is 10.3. The number of nitrogens with one attached hydrogen (secondary N) is 2. The fourth-order valence-electron chi connectivity index (χ4n) is 1.59. The van der Waals surface area contributed by atoms with Gasteiger partial charge in [-0.05, 0) is 20.3 Å². The summed E-state index contributed by atoms with van der Waals surface area (Å²) in [5, 5.41) is 14.9. The van der Waals surface area contributed by atoms with E-state index in [-0.39, 0.29) is 6.61 Å². The summed E-state index contributed by atoms with van der Waals surface area (Å²) in [5.74, 6) is 2.44. The molecule has 1 aromatic rings. The molecule has 0 bridgehead atoms. The van der Waals surface area contributed by atoms with Gasteiger partial charge in [0.15, 0.2) is 0 Å². The number of ether oxygens (including phenoxy) is 1. The number of aryl methyl sites for hydroxylation is 1. The zero-order valence-electron chi connectivity index (χ0n) is 11.3. The number of anilines is 2. The summed E-state index contributed by atoms with van der Waals surface area (Å²) < 4.78 is 5.18. The van der Waals surface area contributed by atoms with Crippen LogP contribution in [-0.4, -0.2) is 48.5 Å². The molecule has 1 rings (SSSR count). The molecule has 0 aliphatic carbocycles. The predicted octanol–water partition coefficient (Wildman–Crippen LogP) is 0.946. The van der Waals surface area contributed by atoms with Gasteiger partial charge in [0, 0.05) is 25.8 Å². The van der Waals surface area contributed by atoms with E-state index in [2.05, 4.69) is 20.6 Å². The van der Waals surface area contributed by atoms with Crippen LogP contribution in [0.15, 0.2) is 0 Å². The molecule has 0 saturated carbocycles. The molecule has 0 saturated heterocycles. The van der Waals surface area contributed by atoms with E-state index in [1.165, 1.54) is 0 Å². The van der Waals surface area contributed by atoms with Crippen LogP contribution in [0.4, 0.5) is 11.6 Å². The summed E-state index contributed by atoms with van der Waals surface area (Å²) in [6.45, 7) is 5.74. The number of nitrogens with zero attached hydrogens (tertiary/aromatic N) is 2. The third kappa shape index (κ3) is 4.46. The van der Waals surface area contributed by atoms with Gasteiger partial charge in [0.1, 0.15) is 17.5 Å². The lowest BCUT2D eigenvalue weighted by Crippen LogP contribution is -2.11. The summed E-state index contributed by atoms with van der Waals surface area (Å²) in [4.78, 5) is 8.68. The molecule has 102 valence electrons. The van der Waals surface area contributed by atoms with Crippen molar-refractivity contribution in [1.29, 1.82) is 0 Å². The van der Waals surface area contributed by atoms with E-state index in [4.69, 9.17) is 9.84 Å². The summed E-state index contributed by atoms with van der Waals surface area (Å²) in [7, 11) is 1.85. The molecule has 0 spiro atoms. The van der Waals surface area contributed by atoms with Crippen molar-refractivity contribution in [1.82, 2.24) is 9.97 Å². The zero-order chi connectivity index (χ0) is 13.4. The van der Waals surface area contributed by atoms with Crippen LogP contribution in [0.2, 0.25) is 0 Å². The smallest absolute Gasteiger partial charge is 0.134 e. The van der Waals surface area contributed by atoms with Crippen molar-refractivity contribution in [3.05, 3.63) is 11.4 Å². The quantitative estimate of drug-likeness (QED) is 0.599. The number of aliphatic hydroxyl groups excluding tert-OH is 1. The fraction of sp³-hybridized carbons (Fsp3) is 0.667. The maximum absolute atomic E-state index is 8.56. The van der Waals surface area contributed by atoms with Gasteiger partial charge in [-0.2, -0.15) is 0 Å². The Bertz CT molecular complexity index is 371. The Balaban J connectivity index is 2.44. The Labute approximate surface area is 108 Å². The highest BCUT2D eigenvalue weighted by Gasteiger charge is 2.06. The number of aliphatic hydroxyl groups is 1. The third-order valence-corrected chi connectivity index (χ3v) is 2.49. The highest BCUT2D eigenvalue weighted by molar-refractivity contribution is 5.56. The maximum atomic E-state index is 8.56. The SMILES string of the molecule is CNc1nc(C)nc(NCCCOCCO)c1C. The van der Waals surface area contributed by atoms with Crippen molar-refractivity contribution >= 4 is 11.6 Å². The van der Waals surface area contributed by atoms with Crippen LogP contribution in [-0.2, 0) is 4.74 Å². The molecule has 0 radical (unpaired) electrons. The molecule has 0 fully saturated rings. The summed E-state index contributed by atoms with van der Waals surface area (Å²) >= 11 is 0. The summed E-state index contributed by atoms with van der Waals surface area (Å²) in [6.07, 6.45) is 0.872. The monoisotopic (exact) mass is 254 g/mol. The Kier molecular flexibility index (Phi) is 6.38. The van der Waals surface area contributed by atoms with Crippen molar-refractivity contribution in [2.45, 2.75) is 20.3 Å². The molecular weight excluding hydrogens is 232 g/mol. The third-order valence-electron chi connectivity index (χ3n) is 2.49. The standard InChI is InChI=1S/C12H22N4O2/c1-9-11(13-3)15-10(2)16-12(9)14-5-4-7-18-8-6-17/h17H,4-8H2,1-3H3,(H2,13,14,15,16). The Morgan fingerprint density at radius 2 is 1.89 bits per heavy atom. The molecule has 0 aliphatic heterocycles. The topological polar surface area (TPSA) is 79.3 Å². The first-order chi connectivity index (χ1) is 8.69. The van der Waals surface area contributed by atoms with Crippen molar-refractivity contribution in [3.8, 4) is 0 Å². The van der Waals surface area contributed by atoms with E-state index in [0.717, 1.165) is 36.0 Å². The van der Waals surface area contributed by atoms with E-state index in [0.29, 0.717) is 13.2 Å². The van der Waals surface area contributed by atoms with Crippen LogP contribution in [0.25, 0.3) is 0 Å². The first-order valence-electron chi connectivity index (χ1n) is 6.14. The van der Waals surface area contributed by atoms with Gasteiger partial charge in [-0.15, -0.1) is 0 Å². The van der Waals surface area contributed by atoms with Crippen molar-refractivity contribution in [3.63, 3.8) is 0 Å². The van der Waals surface area contributed by atoms with E-state index >= 15 is 0 Å². The van der Waals surface area contributed by atoms with Gasteiger partial charge in [-0.25, -0.2) is 9.97 Å². The highest BCUT2D eigenvalue weighted by Crippen LogP contribution is 2.18. The second-order valence-corrected chi connectivity index (χ2v) is 3.96. The van der Waals surface area contributed by atoms with Crippen molar-refractivity contribution in [2.75, 3.05) is 44.0 Å². The van der Waals surface area contributed by atoms with E-state index in [1.807, 2.05) is 20.9 Å². The van der Waals surface area contributed by atoms with Crippen molar-refractivity contribution in [2.24, 2.45) is 0 Å². The fourth-order valence-corrected chi connectivity index (χ4v) is 1.59. The van der Waals surface area contributed by atoms with Crippen LogP contribution in [0.5, 0.6) is 0 Å². The molecule has 0 aromatic carbocycles. The second-order valence-electron chi connectivity index (χ2n) is 3.96. The highest BCUT2D eigenvalue weighted by atomic mass is 16.5. The molecule has 1 aromatic heterocycles. The number of hydrogen-bond acceptors (Lipinski definition) is 6. The number of rotatable bonds is 8. The number of aromatic nitrogens is 2. The van der Waals surface area contributed by atoms with Gasteiger partial charge in [0.25, 0.3) is 0 Å². The molecule has 3 N–H and O–H groups in total. The largest absolute Gasteiger partial charge is 0.394 e. The lowest BCUT2D eigenvalue weighted by Gasteiger charge is -2.12. The normalized spacial score (nSPS) is 10.4. The van der Waals surface area contributed by atoms with Gasteiger partial charge < -0.3 is 20.5 Å². The minimum absolute atomic E-state index is 0.0726. The van der Waals surface area contributed by atoms with Gasteiger partial charge in [-0.1, -0.05) is 0 Å². The van der Waals surface area contributed by atoms with Gasteiger partial charge in [0.2, 0.25) is 0 Å². The van der Waals surface area contributed by atoms with Gasteiger partial charge in [-0.3, -0.25) is 0 Å². The predicted molar refractivity (Wildman–Crippen MR) is 72.1 cm³/mol. The van der Waals surface area contributed by atoms with Gasteiger partial charge >= 0.3 is 0 Å². The van der Waals surface area contributed by atoms with Crippen LogP contribution < -0.4 is 10.6 Å². The van der Waals surface area contributed by atoms with Crippen LogP contribution in [0.1, 0.15) is 17.8 Å². The minimum Gasteiger partial charge on any atom is -0.394 e. The van der Waals surface area contributed by atoms with Gasteiger partial charge in [0.05, 0.1) is 13.2 Å².